The van der Waals surface area contributed by atoms with Crippen molar-refractivity contribution < 1.29 is 14.6 Å². The van der Waals surface area contributed by atoms with Gasteiger partial charge in [0.1, 0.15) is 12.4 Å². The zero-order chi connectivity index (χ0) is 12.8. The Morgan fingerprint density at radius 2 is 2.22 bits per heavy atom. The standard InChI is InChI=1S/C14H20O3S/c1-16-8-9-17-12-6-3-2-5-11(12)14(15)13-7-4-10-18-13/h2-3,5-6,13-15H,4,7-10H2,1H3. The van der Waals surface area contributed by atoms with E-state index >= 15 is 0 Å². The van der Waals surface area contributed by atoms with Gasteiger partial charge >= 0.3 is 0 Å². The molecule has 2 rings (SSSR count). The van der Waals surface area contributed by atoms with Gasteiger partial charge in [0.25, 0.3) is 0 Å². The van der Waals surface area contributed by atoms with Gasteiger partial charge in [0.2, 0.25) is 0 Å². The molecule has 2 unspecified atom stereocenters. The van der Waals surface area contributed by atoms with Crippen molar-refractivity contribution >= 4 is 11.8 Å². The van der Waals surface area contributed by atoms with Crippen molar-refractivity contribution in [2.75, 3.05) is 26.1 Å². The van der Waals surface area contributed by atoms with Crippen molar-refractivity contribution in [1.29, 1.82) is 0 Å². The molecule has 1 N–H and O–H groups in total. The van der Waals surface area contributed by atoms with E-state index in [0.717, 1.165) is 23.5 Å². The Labute approximate surface area is 112 Å². The predicted octanol–water partition coefficient (Wildman–Crippen LogP) is 2.64. The molecule has 0 bridgehead atoms. The van der Waals surface area contributed by atoms with Crippen LogP contribution in [0.25, 0.3) is 0 Å². The van der Waals surface area contributed by atoms with Crippen LogP contribution in [0.1, 0.15) is 24.5 Å². The molecule has 3 nitrogen and oxygen atoms in total. The van der Waals surface area contributed by atoms with E-state index in [9.17, 15) is 5.11 Å². The topological polar surface area (TPSA) is 38.7 Å². The van der Waals surface area contributed by atoms with E-state index in [1.54, 1.807) is 7.11 Å². The fourth-order valence-electron chi connectivity index (χ4n) is 2.14. The van der Waals surface area contributed by atoms with E-state index in [1.807, 2.05) is 36.0 Å². The summed E-state index contributed by atoms with van der Waals surface area (Å²) in [6.45, 7) is 1.07. The normalized spacial score (nSPS) is 20.9. The average Bonchev–Trinajstić information content (AvgIpc) is 2.93. The third-order valence-electron chi connectivity index (χ3n) is 3.10. The molecule has 1 fully saturated rings. The number of thioether (sulfide) groups is 1. The lowest BCUT2D eigenvalue weighted by Crippen LogP contribution is -2.14. The first kappa shape index (κ1) is 13.7. The third kappa shape index (κ3) is 3.40. The SMILES string of the molecule is COCCOc1ccccc1C(O)C1CCCS1. The lowest BCUT2D eigenvalue weighted by molar-refractivity contribution is 0.137. The first-order valence-corrected chi connectivity index (χ1v) is 7.38. The largest absolute Gasteiger partial charge is 0.491 e. The lowest BCUT2D eigenvalue weighted by atomic mass is 10.0. The highest BCUT2D eigenvalue weighted by Crippen LogP contribution is 2.38. The molecule has 0 aliphatic carbocycles. The van der Waals surface area contributed by atoms with Crippen LogP contribution in [0.2, 0.25) is 0 Å². The minimum absolute atomic E-state index is 0.303. The Morgan fingerprint density at radius 3 is 2.94 bits per heavy atom. The average molecular weight is 268 g/mol. The van der Waals surface area contributed by atoms with E-state index in [0.29, 0.717) is 18.5 Å². The molecule has 0 aromatic heterocycles. The molecule has 1 aliphatic heterocycles. The number of aliphatic hydroxyl groups is 1. The highest BCUT2D eigenvalue weighted by atomic mass is 32.2. The number of para-hydroxylation sites is 1. The second kappa shape index (κ2) is 7.02. The van der Waals surface area contributed by atoms with Gasteiger partial charge in [0, 0.05) is 17.9 Å². The van der Waals surface area contributed by atoms with Crippen molar-refractivity contribution in [1.82, 2.24) is 0 Å². The number of hydrogen-bond acceptors (Lipinski definition) is 4. The van der Waals surface area contributed by atoms with Crippen LogP contribution in [0.5, 0.6) is 5.75 Å². The summed E-state index contributed by atoms with van der Waals surface area (Å²) in [6.07, 6.45) is 1.84. The maximum absolute atomic E-state index is 10.4. The summed E-state index contributed by atoms with van der Waals surface area (Å²) in [6, 6.07) is 7.74. The number of rotatable bonds is 6. The van der Waals surface area contributed by atoms with Gasteiger partial charge in [-0.25, -0.2) is 0 Å². The van der Waals surface area contributed by atoms with Gasteiger partial charge in [-0.3, -0.25) is 0 Å². The first-order valence-electron chi connectivity index (χ1n) is 6.33. The number of ether oxygens (including phenoxy) is 2. The lowest BCUT2D eigenvalue weighted by Gasteiger charge is -2.20. The van der Waals surface area contributed by atoms with Crippen molar-refractivity contribution in [3.05, 3.63) is 29.8 Å². The molecule has 2 atom stereocenters. The van der Waals surface area contributed by atoms with Crippen LogP contribution in [0.3, 0.4) is 0 Å². The summed E-state index contributed by atoms with van der Waals surface area (Å²) in [5.74, 6) is 1.92. The summed E-state index contributed by atoms with van der Waals surface area (Å²) in [5, 5.41) is 10.7. The fraction of sp³-hybridized carbons (Fsp3) is 0.571. The number of hydrogen-bond donors (Lipinski definition) is 1. The second-order valence-electron chi connectivity index (χ2n) is 4.38. The van der Waals surface area contributed by atoms with Crippen LogP contribution >= 0.6 is 11.8 Å². The minimum Gasteiger partial charge on any atom is -0.491 e. The first-order chi connectivity index (χ1) is 8.83. The van der Waals surface area contributed by atoms with Gasteiger partial charge in [0.05, 0.1) is 12.7 Å². The molecule has 18 heavy (non-hydrogen) atoms. The molecular formula is C14H20O3S. The molecule has 1 aromatic rings. The molecule has 100 valence electrons. The smallest absolute Gasteiger partial charge is 0.125 e. The van der Waals surface area contributed by atoms with Crippen molar-refractivity contribution in [2.45, 2.75) is 24.2 Å². The summed E-state index contributed by atoms with van der Waals surface area (Å²) in [5.41, 5.74) is 0.896. The Balaban J connectivity index is 2.05. The fourth-order valence-corrected chi connectivity index (χ4v) is 3.44. The van der Waals surface area contributed by atoms with Crippen LogP contribution in [-0.2, 0) is 4.74 Å². The highest BCUT2D eigenvalue weighted by Gasteiger charge is 2.27. The van der Waals surface area contributed by atoms with Crippen LogP contribution in [0, 0.1) is 0 Å². The Kier molecular flexibility index (Phi) is 5.35. The van der Waals surface area contributed by atoms with E-state index in [-0.39, 0.29) is 0 Å². The molecular weight excluding hydrogens is 248 g/mol. The van der Waals surface area contributed by atoms with Crippen LogP contribution in [0.4, 0.5) is 0 Å². The second-order valence-corrected chi connectivity index (χ2v) is 5.72. The quantitative estimate of drug-likeness (QED) is 0.805. The Hall–Kier alpha value is -0.710. The summed E-state index contributed by atoms with van der Waals surface area (Å²) < 4.78 is 10.6. The monoisotopic (exact) mass is 268 g/mol. The van der Waals surface area contributed by atoms with Gasteiger partial charge in [-0.1, -0.05) is 18.2 Å². The van der Waals surface area contributed by atoms with E-state index in [1.165, 1.54) is 6.42 Å². The van der Waals surface area contributed by atoms with Gasteiger partial charge in [-0.2, -0.15) is 11.8 Å². The molecule has 4 heteroatoms. The Bertz CT molecular complexity index is 364. The molecule has 1 aliphatic rings. The molecule has 1 saturated heterocycles. The molecule has 1 aromatic carbocycles. The van der Waals surface area contributed by atoms with Gasteiger partial charge in [0.15, 0.2) is 0 Å². The number of aliphatic hydroxyl groups excluding tert-OH is 1. The summed E-state index contributed by atoms with van der Waals surface area (Å²) in [4.78, 5) is 0. The number of benzene rings is 1. The minimum atomic E-state index is -0.434. The van der Waals surface area contributed by atoms with Gasteiger partial charge in [-0.15, -0.1) is 0 Å². The van der Waals surface area contributed by atoms with Crippen LogP contribution in [-0.4, -0.2) is 36.4 Å². The van der Waals surface area contributed by atoms with Crippen molar-refractivity contribution in [3.8, 4) is 5.75 Å². The molecule has 1 heterocycles. The Morgan fingerprint density at radius 1 is 1.39 bits per heavy atom. The summed E-state index contributed by atoms with van der Waals surface area (Å²) >= 11 is 1.85. The van der Waals surface area contributed by atoms with Gasteiger partial charge in [-0.05, 0) is 24.7 Å². The van der Waals surface area contributed by atoms with Gasteiger partial charge < -0.3 is 14.6 Å². The maximum atomic E-state index is 10.4. The summed E-state index contributed by atoms with van der Waals surface area (Å²) in [7, 11) is 1.65. The zero-order valence-electron chi connectivity index (χ0n) is 10.7. The third-order valence-corrected chi connectivity index (χ3v) is 4.55. The maximum Gasteiger partial charge on any atom is 0.125 e. The van der Waals surface area contributed by atoms with E-state index < -0.39 is 6.10 Å². The van der Waals surface area contributed by atoms with Crippen molar-refractivity contribution in [2.24, 2.45) is 0 Å². The molecule has 0 saturated carbocycles. The van der Waals surface area contributed by atoms with E-state index in [4.69, 9.17) is 9.47 Å². The van der Waals surface area contributed by atoms with Crippen LogP contribution < -0.4 is 4.74 Å². The van der Waals surface area contributed by atoms with Crippen molar-refractivity contribution in [3.63, 3.8) is 0 Å². The predicted molar refractivity (Wildman–Crippen MR) is 74.3 cm³/mol. The van der Waals surface area contributed by atoms with Crippen LogP contribution in [0.15, 0.2) is 24.3 Å². The van der Waals surface area contributed by atoms with E-state index in [2.05, 4.69) is 0 Å². The molecule has 0 amide bonds. The molecule has 0 spiro atoms. The molecule has 0 radical (unpaired) electrons. The highest BCUT2D eigenvalue weighted by molar-refractivity contribution is 8.00. The number of methoxy groups -OCH3 is 1. The zero-order valence-corrected chi connectivity index (χ0v) is 11.5.